The molecule has 0 aromatic heterocycles. The van der Waals surface area contributed by atoms with Gasteiger partial charge < -0.3 is 19.5 Å². The zero-order chi connectivity index (χ0) is 5.21. The highest BCUT2D eigenvalue weighted by molar-refractivity contribution is 7.48. The van der Waals surface area contributed by atoms with E-state index in [-0.39, 0.29) is 0 Å². The maximum absolute atomic E-state index is 9.22. The SMILES string of the molecule is O=P([O-])([O-])CO. The van der Waals surface area contributed by atoms with Gasteiger partial charge in [-0.25, -0.2) is 0 Å². The molecule has 0 saturated carbocycles. The summed E-state index contributed by atoms with van der Waals surface area (Å²) in [7, 11) is -4.59. The first kappa shape index (κ1) is 6.11. The van der Waals surface area contributed by atoms with Crippen molar-refractivity contribution in [2.75, 3.05) is 6.35 Å². The molecule has 38 valence electrons. The number of aliphatic hydroxyl groups is 1. The van der Waals surface area contributed by atoms with Gasteiger partial charge in [0.25, 0.3) is 0 Å². The predicted octanol–water partition coefficient (Wildman–Crippen LogP) is -2.15. The fraction of sp³-hybridized carbons (Fsp3) is 1.00. The van der Waals surface area contributed by atoms with Gasteiger partial charge in [0.2, 0.25) is 0 Å². The van der Waals surface area contributed by atoms with E-state index in [1.54, 1.807) is 0 Å². The first-order valence-corrected chi connectivity index (χ1v) is 2.91. The van der Waals surface area contributed by atoms with Gasteiger partial charge in [0, 0.05) is 0 Å². The maximum atomic E-state index is 9.22. The zero-order valence-electron chi connectivity index (χ0n) is 2.83. The summed E-state index contributed by atoms with van der Waals surface area (Å²) in [6.07, 6.45) is -1.28. The van der Waals surface area contributed by atoms with Crippen molar-refractivity contribution in [3.63, 3.8) is 0 Å². The van der Waals surface area contributed by atoms with Crippen molar-refractivity contribution >= 4 is 7.60 Å². The standard InChI is InChI=1S/CH5O4P/c2-1-6(3,4)5/h2H,1H2,(H2,3,4,5)/p-2. The average molecular weight is 110 g/mol. The van der Waals surface area contributed by atoms with Crippen molar-refractivity contribution in [2.45, 2.75) is 0 Å². The summed E-state index contributed by atoms with van der Waals surface area (Å²) in [6, 6.07) is 0. The van der Waals surface area contributed by atoms with Crippen molar-refractivity contribution in [3.05, 3.63) is 0 Å². The minimum Gasteiger partial charge on any atom is -0.809 e. The summed E-state index contributed by atoms with van der Waals surface area (Å²) in [5.74, 6) is 0. The van der Waals surface area contributed by atoms with Crippen LogP contribution in [0.25, 0.3) is 0 Å². The van der Waals surface area contributed by atoms with Crippen LogP contribution in [-0.4, -0.2) is 11.5 Å². The summed E-state index contributed by atoms with van der Waals surface area (Å²) in [5, 5.41) is 7.51. The lowest BCUT2D eigenvalue weighted by Crippen LogP contribution is -2.16. The molecule has 0 radical (unpaired) electrons. The van der Waals surface area contributed by atoms with Crippen LogP contribution >= 0.6 is 7.60 Å². The third kappa shape index (κ3) is 4.11. The second-order valence-corrected chi connectivity index (χ2v) is 2.26. The molecular formula is CH3O4P-2. The van der Waals surface area contributed by atoms with Crippen LogP contribution in [0, 0.1) is 0 Å². The van der Waals surface area contributed by atoms with Crippen molar-refractivity contribution < 1.29 is 19.5 Å². The topological polar surface area (TPSA) is 83.4 Å². The van der Waals surface area contributed by atoms with Gasteiger partial charge in [-0.3, -0.25) is 0 Å². The monoisotopic (exact) mass is 110 g/mol. The van der Waals surface area contributed by atoms with Gasteiger partial charge in [-0.1, -0.05) is 0 Å². The molecular weight excluding hydrogens is 107 g/mol. The fourth-order valence-corrected chi connectivity index (χ4v) is 0. The summed E-state index contributed by atoms with van der Waals surface area (Å²) < 4.78 is 9.22. The third-order valence-electron chi connectivity index (χ3n) is 0.173. The van der Waals surface area contributed by atoms with Crippen LogP contribution in [0.5, 0.6) is 0 Å². The second-order valence-electron chi connectivity index (χ2n) is 0.752. The average Bonchev–Trinajstić information content (AvgIpc) is 1.35. The molecule has 0 unspecified atom stereocenters. The van der Waals surface area contributed by atoms with E-state index in [0.717, 1.165) is 0 Å². The maximum Gasteiger partial charge on any atom is 0.0702 e. The largest absolute Gasteiger partial charge is 0.809 e. The molecule has 0 fully saturated rings. The van der Waals surface area contributed by atoms with Gasteiger partial charge in [-0.2, -0.15) is 0 Å². The molecule has 4 nitrogen and oxygen atoms in total. The molecule has 6 heavy (non-hydrogen) atoms. The van der Waals surface area contributed by atoms with Crippen LogP contribution < -0.4 is 9.79 Å². The van der Waals surface area contributed by atoms with E-state index in [1.807, 2.05) is 0 Å². The molecule has 0 amide bonds. The van der Waals surface area contributed by atoms with Crippen molar-refractivity contribution in [1.29, 1.82) is 0 Å². The van der Waals surface area contributed by atoms with Crippen LogP contribution in [0.1, 0.15) is 0 Å². The molecule has 0 aliphatic carbocycles. The molecule has 0 saturated heterocycles. The molecule has 0 atom stereocenters. The van der Waals surface area contributed by atoms with Crippen LogP contribution in [0.4, 0.5) is 0 Å². The minimum atomic E-state index is -4.59. The Balaban J connectivity index is 3.48. The molecule has 0 aliphatic heterocycles. The second kappa shape index (κ2) is 1.71. The van der Waals surface area contributed by atoms with Crippen molar-refractivity contribution in [3.8, 4) is 0 Å². The highest BCUT2D eigenvalue weighted by atomic mass is 31.2. The minimum absolute atomic E-state index is 1.28. The summed E-state index contributed by atoms with van der Waals surface area (Å²) >= 11 is 0. The molecule has 1 N–H and O–H groups in total. The van der Waals surface area contributed by atoms with Crippen LogP contribution in [0.3, 0.4) is 0 Å². The van der Waals surface area contributed by atoms with Crippen molar-refractivity contribution in [1.82, 2.24) is 0 Å². The van der Waals surface area contributed by atoms with E-state index in [4.69, 9.17) is 5.11 Å². The molecule has 5 heteroatoms. The predicted molar refractivity (Wildman–Crippen MR) is 14.7 cm³/mol. The summed E-state index contributed by atoms with van der Waals surface area (Å²) in [5.41, 5.74) is 0. The van der Waals surface area contributed by atoms with E-state index < -0.39 is 13.9 Å². The lowest BCUT2D eigenvalue weighted by Gasteiger charge is -2.25. The Labute approximate surface area is 34.6 Å². The van der Waals surface area contributed by atoms with E-state index >= 15 is 0 Å². The molecule has 0 aliphatic rings. The molecule has 0 aromatic rings. The van der Waals surface area contributed by atoms with Gasteiger partial charge in [0.1, 0.15) is 0 Å². The normalized spacial score (nSPS) is 11.8. The Kier molecular flexibility index (Phi) is 1.74. The molecule has 0 heterocycles. The van der Waals surface area contributed by atoms with Gasteiger partial charge in [0.15, 0.2) is 0 Å². The number of hydrogen-bond acceptors (Lipinski definition) is 4. The van der Waals surface area contributed by atoms with Gasteiger partial charge in [0.05, 0.1) is 6.35 Å². The van der Waals surface area contributed by atoms with E-state index in [0.29, 0.717) is 0 Å². The number of rotatable bonds is 1. The lowest BCUT2D eigenvalue weighted by atomic mass is 11.7. The van der Waals surface area contributed by atoms with Gasteiger partial charge in [-0.05, 0) is 7.60 Å². The molecule has 0 bridgehead atoms. The van der Waals surface area contributed by atoms with Crippen molar-refractivity contribution in [2.24, 2.45) is 0 Å². The van der Waals surface area contributed by atoms with Gasteiger partial charge >= 0.3 is 0 Å². The van der Waals surface area contributed by atoms with Crippen LogP contribution in [0.2, 0.25) is 0 Å². The Morgan fingerprint density at radius 1 is 1.67 bits per heavy atom. The van der Waals surface area contributed by atoms with Crippen LogP contribution in [-0.2, 0) is 4.57 Å². The Morgan fingerprint density at radius 2 is 1.83 bits per heavy atom. The summed E-state index contributed by atoms with van der Waals surface area (Å²) in [4.78, 5) is 18.4. The van der Waals surface area contributed by atoms with E-state index in [9.17, 15) is 14.4 Å². The lowest BCUT2D eigenvalue weighted by molar-refractivity contribution is -0.317. The highest BCUT2D eigenvalue weighted by Crippen LogP contribution is 2.18. The Bertz CT molecular complexity index is 71.6. The van der Waals surface area contributed by atoms with Crippen LogP contribution in [0.15, 0.2) is 0 Å². The number of hydrogen-bond donors (Lipinski definition) is 1. The highest BCUT2D eigenvalue weighted by Gasteiger charge is 1.78. The third-order valence-corrected chi connectivity index (χ3v) is 0.520. The smallest absolute Gasteiger partial charge is 0.0702 e. The summed E-state index contributed by atoms with van der Waals surface area (Å²) in [6.45, 7) is 0. The Morgan fingerprint density at radius 3 is 1.83 bits per heavy atom. The molecule has 0 spiro atoms. The fourth-order valence-electron chi connectivity index (χ4n) is 0. The first-order valence-electron chi connectivity index (χ1n) is 1.18. The number of aliphatic hydroxyl groups excluding tert-OH is 1. The van der Waals surface area contributed by atoms with E-state index in [2.05, 4.69) is 0 Å². The first-order chi connectivity index (χ1) is 2.56. The zero-order valence-corrected chi connectivity index (χ0v) is 3.72. The quantitative estimate of drug-likeness (QED) is 0.390. The van der Waals surface area contributed by atoms with E-state index in [1.165, 1.54) is 0 Å². The molecule has 0 aromatic carbocycles. The van der Waals surface area contributed by atoms with Gasteiger partial charge in [-0.15, -0.1) is 0 Å². The Hall–Kier alpha value is 0.110. The molecule has 0 rings (SSSR count).